The molecule has 1 amide bonds. The van der Waals surface area contributed by atoms with E-state index in [1.54, 1.807) is 0 Å². The summed E-state index contributed by atoms with van der Waals surface area (Å²) >= 11 is 0. The highest BCUT2D eigenvalue weighted by molar-refractivity contribution is 5.80. The number of anilines is 1. The van der Waals surface area contributed by atoms with Crippen LogP contribution in [0.15, 0.2) is 48.5 Å². The molecule has 6 heteroatoms. The number of para-hydroxylation sites is 2. The largest absolute Gasteiger partial charge is 0.370 e. The third-order valence-electron chi connectivity index (χ3n) is 5.86. The van der Waals surface area contributed by atoms with Crippen LogP contribution in [0.5, 0.6) is 0 Å². The minimum atomic E-state index is -0.185. The van der Waals surface area contributed by atoms with Crippen LogP contribution in [-0.2, 0) is 4.79 Å². The molecule has 0 spiro atoms. The fourth-order valence-electron chi connectivity index (χ4n) is 3.86. The topological polar surface area (TPSA) is 65.4 Å². The lowest BCUT2D eigenvalue weighted by molar-refractivity contribution is -0.125. The molecule has 2 heterocycles. The molecule has 0 saturated carbocycles. The molecular weight excluding hydrogens is 362 g/mol. The number of fused-ring (bicyclic) bond motifs is 1. The van der Waals surface area contributed by atoms with Gasteiger partial charge in [-0.1, -0.05) is 38.1 Å². The summed E-state index contributed by atoms with van der Waals surface area (Å²) in [5.74, 6) is 0.711. The third-order valence-corrected chi connectivity index (χ3v) is 5.86. The van der Waals surface area contributed by atoms with E-state index in [9.17, 15) is 4.79 Å². The Kier molecular flexibility index (Phi) is 5.22. The third kappa shape index (κ3) is 3.95. The first-order valence-electron chi connectivity index (χ1n) is 10.0. The van der Waals surface area contributed by atoms with E-state index in [1.165, 1.54) is 0 Å². The fourth-order valence-corrected chi connectivity index (χ4v) is 3.86. The molecule has 3 aromatic rings. The van der Waals surface area contributed by atoms with E-state index in [0.29, 0.717) is 5.69 Å². The Bertz CT molecular complexity index is 1030. The number of carbonyl (C=O) groups excluding carboxylic acids is 1. The monoisotopic (exact) mass is 387 g/mol. The molecule has 0 radical (unpaired) electrons. The first-order chi connectivity index (χ1) is 14.0. The SMILES string of the molecule is [C-]#[N+]c1cccc(N2CC[C@@H](NC(=O)[C@@H](C)[C@H](C)c3nc4ccccc4[nH]3)C2)c1. The van der Waals surface area contributed by atoms with Gasteiger partial charge in [0.2, 0.25) is 5.91 Å². The Morgan fingerprint density at radius 3 is 2.90 bits per heavy atom. The van der Waals surface area contributed by atoms with Gasteiger partial charge in [0.05, 0.1) is 17.6 Å². The molecule has 1 aliphatic rings. The minimum Gasteiger partial charge on any atom is -0.370 e. The summed E-state index contributed by atoms with van der Waals surface area (Å²) < 4.78 is 0. The van der Waals surface area contributed by atoms with Crippen LogP contribution in [0.25, 0.3) is 15.9 Å². The maximum Gasteiger partial charge on any atom is 0.223 e. The van der Waals surface area contributed by atoms with Crippen molar-refractivity contribution in [3.05, 3.63) is 65.8 Å². The Labute approximate surface area is 170 Å². The second-order valence-electron chi connectivity index (χ2n) is 7.79. The number of H-pyrrole nitrogens is 1. The van der Waals surface area contributed by atoms with Gasteiger partial charge in [-0.25, -0.2) is 9.83 Å². The summed E-state index contributed by atoms with van der Waals surface area (Å²) in [7, 11) is 0. The molecule has 3 atom stereocenters. The predicted octanol–water partition coefficient (Wildman–Crippen LogP) is 4.25. The van der Waals surface area contributed by atoms with E-state index in [4.69, 9.17) is 6.57 Å². The van der Waals surface area contributed by atoms with Crippen molar-refractivity contribution in [3.63, 3.8) is 0 Å². The van der Waals surface area contributed by atoms with Gasteiger partial charge >= 0.3 is 0 Å². The van der Waals surface area contributed by atoms with Crippen LogP contribution in [0.2, 0.25) is 0 Å². The van der Waals surface area contributed by atoms with Crippen molar-refractivity contribution in [2.45, 2.75) is 32.2 Å². The van der Waals surface area contributed by atoms with Gasteiger partial charge in [-0.05, 0) is 30.7 Å². The molecule has 29 heavy (non-hydrogen) atoms. The van der Waals surface area contributed by atoms with Gasteiger partial charge in [0.1, 0.15) is 5.82 Å². The predicted molar refractivity (Wildman–Crippen MR) is 115 cm³/mol. The van der Waals surface area contributed by atoms with Gasteiger partial charge in [0.15, 0.2) is 5.69 Å². The van der Waals surface area contributed by atoms with Crippen LogP contribution < -0.4 is 10.2 Å². The molecule has 0 bridgehead atoms. The van der Waals surface area contributed by atoms with Crippen LogP contribution in [0.1, 0.15) is 32.0 Å². The van der Waals surface area contributed by atoms with Crippen molar-refractivity contribution < 1.29 is 4.79 Å². The Balaban J connectivity index is 1.38. The fraction of sp³-hybridized carbons (Fsp3) is 0.348. The van der Waals surface area contributed by atoms with Crippen molar-refractivity contribution >= 4 is 28.3 Å². The molecule has 0 aliphatic carbocycles. The summed E-state index contributed by atoms with van der Waals surface area (Å²) in [5.41, 5.74) is 3.60. The Morgan fingerprint density at radius 2 is 2.10 bits per heavy atom. The molecule has 1 aliphatic heterocycles. The zero-order chi connectivity index (χ0) is 20.4. The van der Waals surface area contributed by atoms with Gasteiger partial charge in [-0.15, -0.1) is 0 Å². The van der Waals surface area contributed by atoms with Crippen molar-refractivity contribution in [2.24, 2.45) is 5.92 Å². The van der Waals surface area contributed by atoms with Crippen LogP contribution in [0.3, 0.4) is 0 Å². The second-order valence-corrected chi connectivity index (χ2v) is 7.79. The maximum absolute atomic E-state index is 12.9. The van der Waals surface area contributed by atoms with Gasteiger partial charge in [-0.3, -0.25) is 4.79 Å². The van der Waals surface area contributed by atoms with E-state index in [2.05, 4.69) is 25.0 Å². The lowest BCUT2D eigenvalue weighted by Crippen LogP contribution is -2.41. The van der Waals surface area contributed by atoms with E-state index in [-0.39, 0.29) is 23.8 Å². The van der Waals surface area contributed by atoms with Crippen LogP contribution in [0.4, 0.5) is 11.4 Å². The number of hydrogen-bond donors (Lipinski definition) is 2. The number of aromatic nitrogens is 2. The molecule has 6 nitrogen and oxygen atoms in total. The van der Waals surface area contributed by atoms with Crippen molar-refractivity contribution in [1.29, 1.82) is 0 Å². The van der Waals surface area contributed by atoms with Gasteiger partial charge in [-0.2, -0.15) is 0 Å². The summed E-state index contributed by atoms with van der Waals surface area (Å²) in [6.07, 6.45) is 0.903. The zero-order valence-corrected chi connectivity index (χ0v) is 16.7. The molecular formula is C23H25N5O. The van der Waals surface area contributed by atoms with Crippen LogP contribution >= 0.6 is 0 Å². The van der Waals surface area contributed by atoms with E-state index < -0.39 is 0 Å². The summed E-state index contributed by atoms with van der Waals surface area (Å²) in [6, 6.07) is 15.7. The van der Waals surface area contributed by atoms with Crippen molar-refractivity contribution in [1.82, 2.24) is 15.3 Å². The lowest BCUT2D eigenvalue weighted by atomic mass is 9.94. The average Bonchev–Trinajstić information content (AvgIpc) is 3.39. The molecule has 0 unspecified atom stereocenters. The smallest absolute Gasteiger partial charge is 0.223 e. The Morgan fingerprint density at radius 1 is 1.28 bits per heavy atom. The van der Waals surface area contributed by atoms with Gasteiger partial charge in [0, 0.05) is 36.7 Å². The quantitative estimate of drug-likeness (QED) is 0.643. The highest BCUT2D eigenvalue weighted by atomic mass is 16.2. The summed E-state index contributed by atoms with van der Waals surface area (Å²) in [6.45, 7) is 12.8. The average molecular weight is 387 g/mol. The molecule has 4 rings (SSSR count). The molecule has 1 aromatic heterocycles. The van der Waals surface area contributed by atoms with Crippen LogP contribution in [0, 0.1) is 12.5 Å². The highest BCUT2D eigenvalue weighted by Crippen LogP contribution is 2.27. The molecule has 148 valence electrons. The highest BCUT2D eigenvalue weighted by Gasteiger charge is 2.29. The van der Waals surface area contributed by atoms with E-state index in [0.717, 1.165) is 42.1 Å². The second kappa shape index (κ2) is 7.96. The number of hydrogen-bond acceptors (Lipinski definition) is 3. The number of amides is 1. The zero-order valence-electron chi connectivity index (χ0n) is 16.7. The number of imidazole rings is 1. The normalized spacial score (nSPS) is 18.4. The number of nitrogens with one attached hydrogen (secondary N) is 2. The first kappa shape index (κ1) is 19.0. The van der Waals surface area contributed by atoms with Crippen LogP contribution in [-0.4, -0.2) is 35.0 Å². The Hall–Kier alpha value is -3.33. The molecule has 2 aromatic carbocycles. The van der Waals surface area contributed by atoms with E-state index in [1.807, 2.05) is 62.4 Å². The summed E-state index contributed by atoms with van der Waals surface area (Å²) in [4.78, 5) is 26.6. The summed E-state index contributed by atoms with van der Waals surface area (Å²) in [5, 5.41) is 3.21. The molecule has 2 N–H and O–H groups in total. The number of carbonyl (C=O) groups is 1. The minimum absolute atomic E-state index is 0.00439. The molecule has 1 saturated heterocycles. The number of aromatic amines is 1. The lowest BCUT2D eigenvalue weighted by Gasteiger charge is -2.22. The standard InChI is InChI=1S/C23H25N5O/c1-15(22-26-20-9-4-5-10-21(20)27-22)16(2)23(29)25-18-11-12-28(14-18)19-8-6-7-17(13-19)24-3/h4-10,13,15-16,18H,11-12,14H2,1-2H3,(H,25,29)(H,26,27)/t15-,16-,18+/m0/s1. The number of nitrogens with zero attached hydrogens (tertiary/aromatic N) is 3. The van der Waals surface area contributed by atoms with Crippen molar-refractivity contribution in [2.75, 3.05) is 18.0 Å². The number of rotatable bonds is 5. The van der Waals surface area contributed by atoms with Crippen molar-refractivity contribution in [3.8, 4) is 0 Å². The van der Waals surface area contributed by atoms with Gasteiger partial charge < -0.3 is 15.2 Å². The first-order valence-corrected chi connectivity index (χ1v) is 10.0. The van der Waals surface area contributed by atoms with E-state index >= 15 is 0 Å². The maximum atomic E-state index is 12.9. The number of benzene rings is 2. The molecule has 1 fully saturated rings. The van der Waals surface area contributed by atoms with Gasteiger partial charge in [0.25, 0.3) is 0 Å².